The first kappa shape index (κ1) is 22.4. The molecule has 17 heavy (non-hydrogen) atoms. The molecule has 0 N–H and O–H groups in total. The zero-order chi connectivity index (χ0) is 10.2. The number of rotatable bonds is 2. The Morgan fingerprint density at radius 2 is 1.41 bits per heavy atom. The van der Waals surface area contributed by atoms with Crippen LogP contribution in [-0.4, -0.2) is 0 Å². The zero-order valence-electron chi connectivity index (χ0n) is 10.2. The summed E-state index contributed by atoms with van der Waals surface area (Å²) in [5.74, 6) is 0.785. The number of halogens is 2. The summed E-state index contributed by atoms with van der Waals surface area (Å²) in [4.78, 5) is 0. The van der Waals surface area contributed by atoms with Crippen molar-refractivity contribution in [2.45, 2.75) is 20.3 Å². The normalized spacial score (nSPS) is 7.94. The monoisotopic (exact) mass is 346 g/mol. The molecule has 0 saturated heterocycles. The first-order valence-electron chi connectivity index (χ1n) is 5.16. The van der Waals surface area contributed by atoms with E-state index in [-0.39, 0.29) is 51.0 Å². The van der Waals surface area contributed by atoms with Gasteiger partial charge in [-0.25, -0.2) is 24.3 Å². The SMILES string of the molecule is CC(C)C[c-]1cccc1.[Cl-].[Cl-].[Zr+4].c1cc[cH-]c1. The molecule has 0 atom stereocenters. The van der Waals surface area contributed by atoms with Crippen molar-refractivity contribution in [1.82, 2.24) is 0 Å². The van der Waals surface area contributed by atoms with Gasteiger partial charge in [0.05, 0.1) is 0 Å². The summed E-state index contributed by atoms with van der Waals surface area (Å²) in [6.45, 7) is 4.49. The summed E-state index contributed by atoms with van der Waals surface area (Å²) in [6, 6.07) is 18.6. The minimum absolute atomic E-state index is 0. The molecule has 0 saturated carbocycles. The van der Waals surface area contributed by atoms with Crippen molar-refractivity contribution >= 4 is 0 Å². The van der Waals surface area contributed by atoms with Gasteiger partial charge in [-0.15, -0.1) is 0 Å². The van der Waals surface area contributed by atoms with Crippen molar-refractivity contribution in [3.63, 3.8) is 0 Å². The third-order valence-corrected chi connectivity index (χ3v) is 1.93. The van der Waals surface area contributed by atoms with Crippen LogP contribution in [0.5, 0.6) is 0 Å². The fourth-order valence-corrected chi connectivity index (χ4v) is 1.34. The van der Waals surface area contributed by atoms with Crippen LogP contribution >= 0.6 is 0 Å². The molecule has 0 amide bonds. The number of hydrogen-bond acceptors (Lipinski definition) is 0. The molecule has 0 aliphatic heterocycles. The van der Waals surface area contributed by atoms with E-state index in [1.807, 2.05) is 30.3 Å². The third-order valence-electron chi connectivity index (χ3n) is 1.93. The van der Waals surface area contributed by atoms with Gasteiger partial charge in [-0.05, 0) is 0 Å². The van der Waals surface area contributed by atoms with E-state index >= 15 is 0 Å². The van der Waals surface area contributed by atoms with Crippen molar-refractivity contribution in [3.8, 4) is 0 Å². The molecule has 0 aliphatic carbocycles. The molecule has 0 bridgehead atoms. The van der Waals surface area contributed by atoms with Crippen LogP contribution in [0.4, 0.5) is 0 Å². The van der Waals surface area contributed by atoms with E-state index in [4.69, 9.17) is 0 Å². The largest absolute Gasteiger partial charge is 4.00 e. The van der Waals surface area contributed by atoms with Gasteiger partial charge in [0.2, 0.25) is 0 Å². The van der Waals surface area contributed by atoms with Crippen molar-refractivity contribution < 1.29 is 51.0 Å². The van der Waals surface area contributed by atoms with E-state index in [0.29, 0.717) is 0 Å². The first-order valence-corrected chi connectivity index (χ1v) is 5.16. The number of hydrogen-bond donors (Lipinski definition) is 0. The molecule has 0 aromatic heterocycles. The second-order valence-electron chi connectivity index (χ2n) is 3.85. The second-order valence-corrected chi connectivity index (χ2v) is 3.85. The van der Waals surface area contributed by atoms with Gasteiger partial charge in [-0.3, -0.25) is 0 Å². The van der Waals surface area contributed by atoms with Crippen molar-refractivity contribution in [3.05, 3.63) is 60.2 Å². The fraction of sp³-hybridized carbons (Fsp3) is 0.286. The predicted molar refractivity (Wildman–Crippen MR) is 62.6 cm³/mol. The van der Waals surface area contributed by atoms with E-state index in [9.17, 15) is 0 Å². The van der Waals surface area contributed by atoms with Gasteiger partial charge >= 0.3 is 26.2 Å². The molecule has 0 unspecified atom stereocenters. The summed E-state index contributed by atoms with van der Waals surface area (Å²) >= 11 is 0. The Morgan fingerprint density at radius 1 is 0.941 bits per heavy atom. The van der Waals surface area contributed by atoms with Crippen molar-refractivity contribution in [2.24, 2.45) is 5.92 Å². The van der Waals surface area contributed by atoms with E-state index in [2.05, 4.69) is 38.1 Å². The molecular weight excluding hydrogens is 330 g/mol. The topological polar surface area (TPSA) is 0 Å². The maximum Gasteiger partial charge on any atom is 4.00 e. The quantitative estimate of drug-likeness (QED) is 0.552. The molecule has 0 fully saturated rings. The van der Waals surface area contributed by atoms with Crippen LogP contribution in [0.25, 0.3) is 0 Å². The van der Waals surface area contributed by atoms with Crippen LogP contribution in [-0.2, 0) is 32.6 Å². The maximum atomic E-state index is 2.24. The van der Waals surface area contributed by atoms with Crippen molar-refractivity contribution in [1.29, 1.82) is 0 Å². The van der Waals surface area contributed by atoms with E-state index in [1.54, 1.807) is 0 Å². The van der Waals surface area contributed by atoms with Crippen LogP contribution in [0.3, 0.4) is 0 Å². The fourth-order valence-electron chi connectivity index (χ4n) is 1.34. The average molecular weight is 348 g/mol. The Balaban J connectivity index is -0.000000216. The summed E-state index contributed by atoms with van der Waals surface area (Å²) in [6.07, 6.45) is 1.22. The van der Waals surface area contributed by atoms with Gasteiger partial charge in [0, 0.05) is 0 Å². The molecule has 0 nitrogen and oxygen atoms in total. The van der Waals surface area contributed by atoms with E-state index in [1.165, 1.54) is 12.0 Å². The molecule has 0 radical (unpaired) electrons. The standard InChI is InChI=1S/C9H13.C5H5.2ClH.Zr/c1-8(2)7-9-5-3-4-6-9;1-2-4-5-3-1;;;/h3-6,8H,7H2,1-2H3;1-5H;2*1H;/q2*-1;;;+4/p-2. The summed E-state index contributed by atoms with van der Waals surface area (Å²) in [5.41, 5.74) is 1.46. The predicted octanol–water partition coefficient (Wildman–Crippen LogP) is -1.98. The Labute approximate surface area is 136 Å². The zero-order valence-corrected chi connectivity index (χ0v) is 14.2. The second kappa shape index (κ2) is 14.2. The van der Waals surface area contributed by atoms with E-state index in [0.717, 1.165) is 5.92 Å². The molecule has 2 aromatic carbocycles. The maximum absolute atomic E-state index is 2.24. The summed E-state index contributed by atoms with van der Waals surface area (Å²) in [7, 11) is 0. The van der Waals surface area contributed by atoms with Gasteiger partial charge in [0.15, 0.2) is 0 Å². The molecule has 3 heteroatoms. The third kappa shape index (κ3) is 12.4. The Bertz CT molecular complexity index is 282. The van der Waals surface area contributed by atoms with Crippen molar-refractivity contribution in [2.75, 3.05) is 0 Å². The van der Waals surface area contributed by atoms with E-state index < -0.39 is 0 Å². The molecule has 0 aliphatic rings. The molecule has 92 valence electrons. The molecule has 0 heterocycles. The smallest absolute Gasteiger partial charge is 1.00 e. The minimum atomic E-state index is 0. The van der Waals surface area contributed by atoms with Gasteiger partial charge in [0.1, 0.15) is 0 Å². The van der Waals surface area contributed by atoms with Crippen LogP contribution in [0.2, 0.25) is 0 Å². The molecular formula is C14H18Cl2Zr. The van der Waals surface area contributed by atoms with Gasteiger partial charge in [0.25, 0.3) is 0 Å². The first-order chi connectivity index (χ1) is 6.79. The van der Waals surface area contributed by atoms with Crippen LogP contribution in [0.1, 0.15) is 19.4 Å². The summed E-state index contributed by atoms with van der Waals surface area (Å²) < 4.78 is 0. The van der Waals surface area contributed by atoms with Crippen LogP contribution in [0.15, 0.2) is 54.6 Å². The minimum Gasteiger partial charge on any atom is -1.00 e. The molecule has 0 spiro atoms. The van der Waals surface area contributed by atoms with Gasteiger partial charge in [-0.1, -0.05) is 26.2 Å². The average Bonchev–Trinajstić information content (AvgIpc) is 2.75. The Hall–Kier alpha value is 0.163. The van der Waals surface area contributed by atoms with Gasteiger partial charge < -0.3 is 24.8 Å². The Morgan fingerprint density at radius 3 is 1.71 bits per heavy atom. The van der Waals surface area contributed by atoms with Crippen LogP contribution in [0, 0.1) is 5.92 Å². The van der Waals surface area contributed by atoms with Gasteiger partial charge in [-0.2, -0.15) is 35.9 Å². The summed E-state index contributed by atoms with van der Waals surface area (Å²) in [5, 5.41) is 0. The molecule has 2 rings (SSSR count). The Kier molecular flexibility index (Phi) is 18.7. The molecule has 2 aromatic rings. The van der Waals surface area contributed by atoms with Crippen LogP contribution < -0.4 is 24.8 Å².